The van der Waals surface area contributed by atoms with E-state index in [1.165, 1.54) is 17.1 Å². The molecule has 278 valence electrons. The largest absolute Gasteiger partial charge is 0.370 e. The van der Waals surface area contributed by atoms with Crippen LogP contribution in [0.25, 0.3) is 10.9 Å². The first kappa shape index (κ1) is 41.3. The van der Waals surface area contributed by atoms with Gasteiger partial charge in [0.2, 0.25) is 23.6 Å². The van der Waals surface area contributed by atoms with Gasteiger partial charge in [0, 0.05) is 47.2 Å². The number of unbranched alkanes of at least 4 members (excludes halogenated alkanes) is 2. The molecule has 2 aromatic heterocycles. The lowest BCUT2D eigenvalue weighted by atomic mass is 10.0. The van der Waals surface area contributed by atoms with Gasteiger partial charge in [-0.3, -0.25) is 29.0 Å². The highest BCUT2D eigenvalue weighted by Gasteiger charge is 2.32. The van der Waals surface area contributed by atoms with Crippen molar-refractivity contribution in [2.75, 3.05) is 12.3 Å². The van der Waals surface area contributed by atoms with Crippen molar-refractivity contribution in [3.8, 4) is 0 Å². The Labute approximate surface area is 308 Å². The average molecular weight is 741 g/mol. The molecule has 0 aliphatic heterocycles. The van der Waals surface area contributed by atoms with Crippen molar-refractivity contribution < 1.29 is 24.0 Å². The average Bonchev–Trinajstić information content (AvgIpc) is 3.59. The van der Waals surface area contributed by atoms with Crippen molar-refractivity contribution in [1.82, 2.24) is 36.2 Å². The molecule has 3 rings (SSSR count). The van der Waals surface area contributed by atoms with Gasteiger partial charge in [0.1, 0.15) is 18.1 Å². The number of fused-ring (bicyclic) bond motifs is 1. The number of aromatic amines is 1. The zero-order chi connectivity index (χ0) is 37.6. The van der Waals surface area contributed by atoms with Crippen LogP contribution in [0.5, 0.6) is 0 Å². The predicted molar refractivity (Wildman–Crippen MR) is 204 cm³/mol. The van der Waals surface area contributed by atoms with Crippen molar-refractivity contribution in [2.45, 2.75) is 103 Å². The van der Waals surface area contributed by atoms with Gasteiger partial charge in [0.05, 0.1) is 23.1 Å². The van der Waals surface area contributed by atoms with E-state index >= 15 is 0 Å². The minimum absolute atomic E-state index is 0.0958. The Bertz CT molecular complexity index is 1630. The Morgan fingerprint density at radius 3 is 2.33 bits per heavy atom. The first-order valence-corrected chi connectivity index (χ1v) is 19.6. The minimum atomic E-state index is -1.00. The van der Waals surface area contributed by atoms with Gasteiger partial charge in [-0.2, -0.15) is 0 Å². The molecule has 2 heterocycles. The molecule has 0 fully saturated rings. The summed E-state index contributed by atoms with van der Waals surface area (Å²) in [5, 5.41) is 12.3. The summed E-state index contributed by atoms with van der Waals surface area (Å²) in [6, 6.07) is 6.41. The smallest absolute Gasteiger partial charge is 0.253 e. The molecule has 5 amide bonds. The number of hydrogen-bond acceptors (Lipinski definition) is 9. The number of amides is 5. The molecule has 0 saturated carbocycles. The Kier molecular flexibility index (Phi) is 16.3. The van der Waals surface area contributed by atoms with E-state index in [1.807, 2.05) is 31.2 Å². The summed E-state index contributed by atoms with van der Waals surface area (Å²) in [7, 11) is 3.05. The molecule has 1 aromatic carbocycles. The molecule has 3 aromatic rings. The number of primary amides is 1. The monoisotopic (exact) mass is 740 g/mol. The quantitative estimate of drug-likeness (QED) is 0.0736. The molecule has 0 spiro atoms. The number of aromatic nitrogens is 3. The van der Waals surface area contributed by atoms with Crippen molar-refractivity contribution in [3.05, 3.63) is 59.8 Å². The second-order valence-corrected chi connectivity index (χ2v) is 16.8. The molecule has 0 aliphatic carbocycles. The summed E-state index contributed by atoms with van der Waals surface area (Å²) in [5.41, 5.74) is 7.64. The van der Waals surface area contributed by atoms with Gasteiger partial charge in [0.25, 0.3) is 5.91 Å². The topological polar surface area (TPSA) is 201 Å². The van der Waals surface area contributed by atoms with E-state index < -0.39 is 41.8 Å². The van der Waals surface area contributed by atoms with E-state index in [-0.39, 0.29) is 35.2 Å². The number of pyridine rings is 1. The molecule has 3 atom stereocenters. The van der Waals surface area contributed by atoms with Crippen LogP contribution in [0.4, 0.5) is 0 Å². The first-order valence-electron chi connectivity index (χ1n) is 17.3. The van der Waals surface area contributed by atoms with E-state index in [1.54, 1.807) is 36.9 Å². The number of para-hydroxylation sites is 1. The van der Waals surface area contributed by atoms with Crippen LogP contribution in [0.15, 0.2) is 42.9 Å². The van der Waals surface area contributed by atoms with Crippen LogP contribution in [-0.2, 0) is 32.0 Å². The van der Waals surface area contributed by atoms with Crippen LogP contribution in [0, 0.1) is 5.92 Å². The van der Waals surface area contributed by atoms with E-state index in [9.17, 15) is 24.0 Å². The highest BCUT2D eigenvalue weighted by molar-refractivity contribution is 8.77. The van der Waals surface area contributed by atoms with Gasteiger partial charge >= 0.3 is 0 Å². The van der Waals surface area contributed by atoms with Gasteiger partial charge in [-0.1, -0.05) is 87.8 Å². The van der Waals surface area contributed by atoms with Gasteiger partial charge in [-0.15, -0.1) is 0 Å². The molecule has 0 unspecified atom stereocenters. The van der Waals surface area contributed by atoms with Crippen LogP contribution in [0.2, 0.25) is 0 Å². The third kappa shape index (κ3) is 13.9. The van der Waals surface area contributed by atoms with E-state index in [2.05, 4.69) is 57.0 Å². The maximum atomic E-state index is 13.9. The van der Waals surface area contributed by atoms with Crippen molar-refractivity contribution >= 4 is 62.0 Å². The number of nitrogens with zero attached hydrogens (tertiary/aromatic N) is 2. The first-order chi connectivity index (χ1) is 24.2. The fourth-order valence-corrected chi connectivity index (χ4v) is 7.60. The zero-order valence-electron chi connectivity index (χ0n) is 30.3. The second-order valence-electron chi connectivity index (χ2n) is 13.7. The van der Waals surface area contributed by atoms with Crippen molar-refractivity contribution in [1.29, 1.82) is 0 Å². The number of carbonyl (C=O) groups excluding carboxylic acids is 5. The van der Waals surface area contributed by atoms with Gasteiger partial charge < -0.3 is 32.0 Å². The molecule has 7 N–H and O–H groups in total. The van der Waals surface area contributed by atoms with Crippen molar-refractivity contribution in [3.63, 3.8) is 0 Å². The molecule has 0 bridgehead atoms. The number of nitrogens with two attached hydrogens (primary N) is 1. The number of hydrogen-bond donors (Lipinski definition) is 6. The number of carbonyl (C=O) groups is 5. The maximum Gasteiger partial charge on any atom is 0.253 e. The highest BCUT2D eigenvalue weighted by atomic mass is 33.1. The molecular weight excluding hydrogens is 689 g/mol. The Balaban J connectivity index is 1.77. The molecule has 0 radical (unpaired) electrons. The maximum absolute atomic E-state index is 13.9. The summed E-state index contributed by atoms with van der Waals surface area (Å²) < 4.78 is -0.0958. The third-order valence-corrected chi connectivity index (χ3v) is 11.2. The summed E-state index contributed by atoms with van der Waals surface area (Å²) >= 11 is 0. The van der Waals surface area contributed by atoms with Crippen molar-refractivity contribution in [2.24, 2.45) is 11.7 Å². The zero-order valence-corrected chi connectivity index (χ0v) is 32.0. The van der Waals surface area contributed by atoms with Crippen LogP contribution in [-0.4, -0.2) is 79.7 Å². The van der Waals surface area contributed by atoms with Gasteiger partial charge in [-0.25, -0.2) is 4.98 Å². The van der Waals surface area contributed by atoms with Crippen LogP contribution in [0.3, 0.4) is 0 Å². The van der Waals surface area contributed by atoms with E-state index in [0.717, 1.165) is 10.9 Å². The van der Waals surface area contributed by atoms with Gasteiger partial charge in [-0.05, 0) is 37.3 Å². The molecular formula is C36H52N8O5S2. The van der Waals surface area contributed by atoms with E-state index in [0.29, 0.717) is 49.2 Å². The molecule has 0 saturated heterocycles. The standard InChI is InChI=1S/C36H52N8O5S2/c1-7-26-25(17-23-13-10-11-14-27(23)41-26)32(46)43-29(20-50-51-36(4,5)6)34(48)44-31(22(2)3)35(49)42-28(18-24-19-38-21-40-24)33(47)39-16-12-8-9-15-30(37)45/h10-11,13-14,17,19,21-22,28-29,31H,7-9,12,15-16,18,20H2,1-6H3,(H2,37,45)(H,38,40)(H,39,47)(H,42,49)(H,43,46)(H,44,48)/t28-,29-,31-/m0/s1. The van der Waals surface area contributed by atoms with Crippen LogP contribution in [0.1, 0.15) is 89.0 Å². The fourth-order valence-electron chi connectivity index (χ4n) is 5.13. The summed E-state index contributed by atoms with van der Waals surface area (Å²) in [5.74, 6) is -2.33. The van der Waals surface area contributed by atoms with E-state index in [4.69, 9.17) is 5.73 Å². The number of aryl methyl sites for hydroxylation is 1. The third-order valence-electron chi connectivity index (χ3n) is 7.81. The lowest BCUT2D eigenvalue weighted by Gasteiger charge is -2.27. The summed E-state index contributed by atoms with van der Waals surface area (Å²) in [6.07, 6.45) is 6.01. The lowest BCUT2D eigenvalue weighted by Crippen LogP contribution is -2.59. The highest BCUT2D eigenvalue weighted by Crippen LogP contribution is 2.35. The number of rotatable bonds is 20. The molecule has 15 heteroatoms. The Morgan fingerprint density at radius 1 is 0.941 bits per heavy atom. The normalized spacial score (nSPS) is 13.3. The summed E-state index contributed by atoms with van der Waals surface area (Å²) in [4.78, 5) is 77.4. The number of H-pyrrole nitrogens is 1. The minimum Gasteiger partial charge on any atom is -0.370 e. The van der Waals surface area contributed by atoms with Crippen LogP contribution < -0.4 is 27.0 Å². The molecule has 0 aliphatic rings. The Hall–Kier alpha value is -4.11. The predicted octanol–water partition coefficient (Wildman–Crippen LogP) is 3.83. The number of benzene rings is 1. The molecule has 51 heavy (non-hydrogen) atoms. The fraction of sp³-hybridized carbons (Fsp3) is 0.528. The molecule has 13 nitrogen and oxygen atoms in total. The SMILES string of the molecule is CCc1nc2ccccc2cc1C(=O)N[C@@H](CSSC(C)(C)C)C(=O)N[C@H](C(=O)N[C@@H](Cc1cnc[nH]1)C(=O)NCCCCCC(N)=O)C(C)C. The second kappa shape index (κ2) is 20.1. The van der Waals surface area contributed by atoms with Crippen LogP contribution >= 0.6 is 21.6 Å². The Morgan fingerprint density at radius 2 is 1.69 bits per heavy atom. The van der Waals surface area contributed by atoms with Gasteiger partial charge in [0.15, 0.2) is 0 Å². The number of imidazole rings is 1. The number of nitrogens with one attached hydrogen (secondary N) is 5. The summed E-state index contributed by atoms with van der Waals surface area (Å²) in [6.45, 7) is 12.1. The lowest BCUT2D eigenvalue weighted by molar-refractivity contribution is -0.133.